The second kappa shape index (κ2) is 7.61. The van der Waals surface area contributed by atoms with Gasteiger partial charge in [-0.2, -0.15) is 10.1 Å². The fourth-order valence-corrected chi connectivity index (χ4v) is 2.76. The van der Waals surface area contributed by atoms with E-state index in [2.05, 4.69) is 34.1 Å². The first-order valence-corrected chi connectivity index (χ1v) is 8.65. The van der Waals surface area contributed by atoms with E-state index in [0.29, 0.717) is 0 Å². The fraction of sp³-hybridized carbons (Fsp3) is 0.588. The van der Waals surface area contributed by atoms with Crippen LogP contribution < -0.4 is 10.2 Å². The Balaban J connectivity index is 1.82. The summed E-state index contributed by atoms with van der Waals surface area (Å²) in [5, 5.41) is 7.91. The number of hydrogen-bond donors (Lipinski definition) is 1. The fourth-order valence-electron chi connectivity index (χ4n) is 2.76. The van der Waals surface area contributed by atoms with Crippen molar-refractivity contribution < 1.29 is 4.74 Å². The van der Waals surface area contributed by atoms with Gasteiger partial charge in [-0.1, -0.05) is 13.3 Å². The van der Waals surface area contributed by atoms with Crippen LogP contribution >= 0.6 is 0 Å². The standard InChI is InChI=1S/C17H26N6O/c1-4-5-6-23-16(13(2)12-18-23)20-15-11-14(3)19-17(21-15)22-7-9-24-10-8-22/h11-12H,4-10H2,1-3H3,(H,19,20,21). The largest absolute Gasteiger partial charge is 0.378 e. The van der Waals surface area contributed by atoms with Crippen molar-refractivity contribution >= 4 is 17.6 Å². The van der Waals surface area contributed by atoms with Crippen molar-refractivity contribution in [1.29, 1.82) is 0 Å². The lowest BCUT2D eigenvalue weighted by atomic mass is 10.3. The van der Waals surface area contributed by atoms with E-state index in [1.807, 2.05) is 23.9 Å². The number of rotatable bonds is 6. The van der Waals surface area contributed by atoms with Gasteiger partial charge in [-0.05, 0) is 20.3 Å². The summed E-state index contributed by atoms with van der Waals surface area (Å²) in [7, 11) is 0. The first kappa shape index (κ1) is 16.7. The summed E-state index contributed by atoms with van der Waals surface area (Å²) in [6, 6.07) is 1.97. The topological polar surface area (TPSA) is 68.1 Å². The molecule has 3 heterocycles. The van der Waals surface area contributed by atoms with Crippen LogP contribution in [0.15, 0.2) is 12.3 Å². The van der Waals surface area contributed by atoms with Crippen LogP contribution in [0.3, 0.4) is 0 Å². The van der Waals surface area contributed by atoms with Crippen LogP contribution in [0.25, 0.3) is 0 Å². The van der Waals surface area contributed by atoms with Crippen LogP contribution in [0.5, 0.6) is 0 Å². The summed E-state index contributed by atoms with van der Waals surface area (Å²) in [6.07, 6.45) is 4.15. The lowest BCUT2D eigenvalue weighted by Gasteiger charge is -2.27. The molecule has 1 saturated heterocycles. The van der Waals surface area contributed by atoms with Crippen molar-refractivity contribution in [2.75, 3.05) is 36.5 Å². The highest BCUT2D eigenvalue weighted by atomic mass is 16.5. The van der Waals surface area contributed by atoms with Gasteiger partial charge in [0.15, 0.2) is 0 Å². The number of ether oxygens (including phenoxy) is 1. The quantitative estimate of drug-likeness (QED) is 0.878. The molecule has 0 aliphatic carbocycles. The molecule has 0 aromatic carbocycles. The predicted molar refractivity (Wildman–Crippen MR) is 95.0 cm³/mol. The molecular formula is C17H26N6O. The normalized spacial score (nSPS) is 14.9. The lowest BCUT2D eigenvalue weighted by molar-refractivity contribution is 0.122. The second-order valence-corrected chi connectivity index (χ2v) is 6.17. The highest BCUT2D eigenvalue weighted by Gasteiger charge is 2.16. The van der Waals surface area contributed by atoms with Gasteiger partial charge in [0.25, 0.3) is 0 Å². The highest BCUT2D eigenvalue weighted by molar-refractivity contribution is 5.57. The van der Waals surface area contributed by atoms with Gasteiger partial charge in [-0.3, -0.25) is 0 Å². The Kier molecular flexibility index (Phi) is 5.30. The van der Waals surface area contributed by atoms with E-state index in [4.69, 9.17) is 9.72 Å². The average Bonchev–Trinajstić information content (AvgIpc) is 2.93. The minimum atomic E-state index is 0.725. The van der Waals surface area contributed by atoms with Gasteiger partial charge < -0.3 is 15.0 Å². The molecule has 1 fully saturated rings. The molecule has 1 aliphatic rings. The number of unbranched alkanes of at least 4 members (excludes halogenated alkanes) is 1. The Morgan fingerprint density at radius 3 is 2.75 bits per heavy atom. The third-order valence-electron chi connectivity index (χ3n) is 4.13. The number of aromatic nitrogens is 4. The Morgan fingerprint density at radius 1 is 1.21 bits per heavy atom. The van der Waals surface area contributed by atoms with Gasteiger partial charge in [0.2, 0.25) is 5.95 Å². The molecule has 2 aromatic heterocycles. The molecule has 24 heavy (non-hydrogen) atoms. The van der Waals surface area contributed by atoms with Gasteiger partial charge in [0.05, 0.1) is 19.4 Å². The number of nitrogens with one attached hydrogen (secondary N) is 1. The summed E-state index contributed by atoms with van der Waals surface area (Å²) in [5.41, 5.74) is 2.07. The third-order valence-corrected chi connectivity index (χ3v) is 4.13. The van der Waals surface area contributed by atoms with E-state index in [-0.39, 0.29) is 0 Å². The van der Waals surface area contributed by atoms with Gasteiger partial charge in [-0.15, -0.1) is 0 Å². The molecule has 1 aliphatic heterocycles. The van der Waals surface area contributed by atoms with E-state index in [1.165, 1.54) is 0 Å². The summed E-state index contributed by atoms with van der Waals surface area (Å²) in [5.74, 6) is 2.58. The van der Waals surface area contributed by atoms with Crippen molar-refractivity contribution in [1.82, 2.24) is 19.7 Å². The monoisotopic (exact) mass is 330 g/mol. The molecule has 7 nitrogen and oxygen atoms in total. The average molecular weight is 330 g/mol. The maximum Gasteiger partial charge on any atom is 0.227 e. The molecule has 0 atom stereocenters. The molecule has 0 radical (unpaired) electrons. The number of anilines is 3. The van der Waals surface area contributed by atoms with E-state index in [1.54, 1.807) is 0 Å². The van der Waals surface area contributed by atoms with Crippen LogP contribution in [-0.4, -0.2) is 46.1 Å². The third kappa shape index (κ3) is 3.84. The van der Waals surface area contributed by atoms with Crippen LogP contribution in [0.2, 0.25) is 0 Å². The molecule has 2 aromatic rings. The minimum Gasteiger partial charge on any atom is -0.378 e. The van der Waals surface area contributed by atoms with Gasteiger partial charge in [0, 0.05) is 37.0 Å². The summed E-state index contributed by atoms with van der Waals surface area (Å²) < 4.78 is 7.43. The molecule has 130 valence electrons. The highest BCUT2D eigenvalue weighted by Crippen LogP contribution is 2.22. The van der Waals surface area contributed by atoms with E-state index < -0.39 is 0 Å². The zero-order valence-electron chi connectivity index (χ0n) is 14.7. The molecule has 0 spiro atoms. The zero-order valence-corrected chi connectivity index (χ0v) is 14.7. The minimum absolute atomic E-state index is 0.725. The van der Waals surface area contributed by atoms with E-state index in [9.17, 15) is 0 Å². The molecule has 0 unspecified atom stereocenters. The summed E-state index contributed by atoms with van der Waals surface area (Å²) in [4.78, 5) is 11.4. The Morgan fingerprint density at radius 2 is 2.00 bits per heavy atom. The van der Waals surface area contributed by atoms with E-state index in [0.717, 1.165) is 74.5 Å². The van der Waals surface area contributed by atoms with Crippen molar-refractivity contribution in [2.45, 2.75) is 40.2 Å². The molecular weight excluding hydrogens is 304 g/mol. The van der Waals surface area contributed by atoms with Crippen LogP contribution in [0.4, 0.5) is 17.6 Å². The first-order chi connectivity index (χ1) is 11.7. The molecule has 0 amide bonds. The van der Waals surface area contributed by atoms with Crippen molar-refractivity contribution in [3.8, 4) is 0 Å². The van der Waals surface area contributed by atoms with Gasteiger partial charge in [-0.25, -0.2) is 9.67 Å². The van der Waals surface area contributed by atoms with Crippen LogP contribution in [0.1, 0.15) is 31.0 Å². The maximum atomic E-state index is 5.41. The number of aryl methyl sites for hydroxylation is 3. The smallest absolute Gasteiger partial charge is 0.227 e. The Hall–Kier alpha value is -2.15. The molecule has 3 rings (SSSR count). The number of nitrogens with zero attached hydrogens (tertiary/aromatic N) is 5. The SMILES string of the molecule is CCCCn1ncc(C)c1Nc1cc(C)nc(N2CCOCC2)n1. The van der Waals surface area contributed by atoms with Gasteiger partial charge in [0.1, 0.15) is 11.6 Å². The van der Waals surface area contributed by atoms with E-state index >= 15 is 0 Å². The van der Waals surface area contributed by atoms with Crippen LogP contribution in [0, 0.1) is 13.8 Å². The summed E-state index contributed by atoms with van der Waals surface area (Å²) >= 11 is 0. The molecule has 7 heteroatoms. The lowest BCUT2D eigenvalue weighted by Crippen LogP contribution is -2.37. The van der Waals surface area contributed by atoms with Gasteiger partial charge >= 0.3 is 0 Å². The number of hydrogen-bond acceptors (Lipinski definition) is 6. The first-order valence-electron chi connectivity index (χ1n) is 8.65. The Labute approximate surface area is 143 Å². The Bertz CT molecular complexity index is 678. The van der Waals surface area contributed by atoms with Crippen molar-refractivity contribution in [3.05, 3.63) is 23.5 Å². The predicted octanol–water partition coefficient (Wildman–Crippen LogP) is 2.67. The molecule has 1 N–H and O–H groups in total. The summed E-state index contributed by atoms with van der Waals surface area (Å²) in [6.45, 7) is 10.3. The molecule has 0 saturated carbocycles. The maximum absolute atomic E-state index is 5.41. The zero-order chi connectivity index (χ0) is 16.9. The second-order valence-electron chi connectivity index (χ2n) is 6.17. The van der Waals surface area contributed by atoms with Crippen LogP contribution in [-0.2, 0) is 11.3 Å². The number of morpholine rings is 1. The molecule has 0 bridgehead atoms. The van der Waals surface area contributed by atoms with Crippen molar-refractivity contribution in [3.63, 3.8) is 0 Å². The van der Waals surface area contributed by atoms with Crippen molar-refractivity contribution in [2.24, 2.45) is 0 Å².